The minimum absolute atomic E-state index is 0.160. The first-order chi connectivity index (χ1) is 7.94. The van der Waals surface area contributed by atoms with Crippen LogP contribution in [0.15, 0.2) is 24.4 Å². The van der Waals surface area contributed by atoms with Crippen LogP contribution in [0.3, 0.4) is 0 Å². The lowest BCUT2D eigenvalue weighted by atomic mass is 10.2. The van der Waals surface area contributed by atoms with Gasteiger partial charge in [0.1, 0.15) is 5.52 Å². The van der Waals surface area contributed by atoms with Gasteiger partial charge >= 0.3 is 0 Å². The van der Waals surface area contributed by atoms with Crippen LogP contribution in [-0.4, -0.2) is 12.2 Å². The van der Waals surface area contributed by atoms with E-state index >= 15 is 0 Å². The molecule has 0 aliphatic carbocycles. The van der Waals surface area contributed by atoms with E-state index in [2.05, 4.69) is 9.62 Å². The lowest BCUT2D eigenvalue weighted by Crippen LogP contribution is -2.37. The van der Waals surface area contributed by atoms with Crippen LogP contribution >= 0.6 is 7.60 Å². The third-order valence-electron chi connectivity index (χ3n) is 2.54. The summed E-state index contributed by atoms with van der Waals surface area (Å²) in [6, 6.07) is 5.44. The van der Waals surface area contributed by atoms with E-state index in [1.54, 1.807) is 13.1 Å². The van der Waals surface area contributed by atoms with E-state index in [4.69, 9.17) is 0 Å². The van der Waals surface area contributed by atoms with Gasteiger partial charge < -0.3 is 14.0 Å². The first-order valence-corrected chi connectivity index (χ1v) is 6.63. The molecule has 90 valence electrons. The highest BCUT2D eigenvalue weighted by molar-refractivity contribution is 7.60. The Morgan fingerprint density at radius 3 is 2.82 bits per heavy atom. The second kappa shape index (κ2) is 4.18. The molecule has 2 rings (SSSR count). The van der Waals surface area contributed by atoms with Crippen molar-refractivity contribution in [3.8, 4) is 0 Å². The molecular weight excluding hydrogens is 239 g/mol. The Labute approximate surface area is 99.2 Å². The fraction of sp³-hybridized carbons (Fsp3) is 0.273. The van der Waals surface area contributed by atoms with Crippen LogP contribution < -0.4 is 14.9 Å². The summed E-state index contributed by atoms with van der Waals surface area (Å²) in [5, 5.41) is 4.98. The fourth-order valence-electron chi connectivity index (χ4n) is 1.70. The highest BCUT2D eigenvalue weighted by Gasteiger charge is 2.19. The van der Waals surface area contributed by atoms with E-state index in [0.29, 0.717) is 10.9 Å². The smallest absolute Gasteiger partial charge is 0.208 e. The summed E-state index contributed by atoms with van der Waals surface area (Å²) in [6.45, 7) is 1.93. The van der Waals surface area contributed by atoms with Crippen molar-refractivity contribution in [2.75, 3.05) is 7.11 Å². The van der Waals surface area contributed by atoms with E-state index in [-0.39, 0.29) is 5.30 Å². The van der Waals surface area contributed by atoms with E-state index in [0.717, 1.165) is 12.7 Å². The van der Waals surface area contributed by atoms with Gasteiger partial charge in [0, 0.05) is 12.5 Å². The normalized spacial score (nSPS) is 14.8. The molecule has 1 unspecified atom stereocenters. The Morgan fingerprint density at radius 2 is 2.18 bits per heavy atom. The number of aromatic nitrogens is 2. The van der Waals surface area contributed by atoms with E-state index < -0.39 is 7.60 Å². The van der Waals surface area contributed by atoms with Crippen molar-refractivity contribution in [2.24, 2.45) is 7.05 Å². The van der Waals surface area contributed by atoms with Crippen molar-refractivity contribution in [3.05, 3.63) is 30.0 Å². The zero-order valence-electron chi connectivity index (χ0n) is 9.88. The standard InChI is InChI=1S/C11H13N2O3P/c1-8-4-5-9-10(6-8)12-13(2)7-11(9)17(14,15)16-3/h4-7H,1-3H3. The van der Waals surface area contributed by atoms with Gasteiger partial charge in [0.15, 0.2) is 14.6 Å². The van der Waals surface area contributed by atoms with Gasteiger partial charge in [-0.05, 0) is 23.7 Å². The summed E-state index contributed by atoms with van der Waals surface area (Å²) < 4.78 is 17.9. The molecular formula is C11H13N2O3P. The van der Waals surface area contributed by atoms with Gasteiger partial charge in [0.2, 0.25) is 6.20 Å². The Balaban J connectivity index is 2.84. The second-order valence-corrected chi connectivity index (χ2v) is 5.73. The molecule has 0 saturated carbocycles. The average Bonchev–Trinajstić information content (AvgIpc) is 2.27. The van der Waals surface area contributed by atoms with Crippen LogP contribution in [-0.2, 0) is 16.1 Å². The molecule has 0 radical (unpaired) electrons. The molecule has 0 amide bonds. The fourth-order valence-corrected chi connectivity index (χ4v) is 2.69. The van der Waals surface area contributed by atoms with Gasteiger partial charge in [-0.1, -0.05) is 16.8 Å². The van der Waals surface area contributed by atoms with Gasteiger partial charge in [-0.25, -0.2) is 0 Å². The molecule has 17 heavy (non-hydrogen) atoms. The van der Waals surface area contributed by atoms with Crippen LogP contribution in [0.4, 0.5) is 0 Å². The largest absolute Gasteiger partial charge is 0.775 e. The maximum atomic E-state index is 11.8. The average molecular weight is 252 g/mol. The highest BCUT2D eigenvalue weighted by atomic mass is 31.2. The minimum atomic E-state index is -4.02. The molecule has 0 spiro atoms. The molecule has 0 N–H and O–H groups in total. The quantitative estimate of drug-likeness (QED) is 0.565. The molecule has 0 saturated heterocycles. The predicted octanol–water partition coefficient (Wildman–Crippen LogP) is 0.193. The number of hydrogen-bond donors (Lipinski definition) is 0. The number of benzene rings is 1. The van der Waals surface area contributed by atoms with Crippen molar-refractivity contribution in [2.45, 2.75) is 6.92 Å². The Kier molecular flexibility index (Phi) is 3.00. The number of nitrogens with zero attached hydrogens (tertiary/aromatic N) is 2. The van der Waals surface area contributed by atoms with Gasteiger partial charge in [0.05, 0.1) is 5.30 Å². The van der Waals surface area contributed by atoms with Crippen LogP contribution in [0.5, 0.6) is 0 Å². The van der Waals surface area contributed by atoms with Crippen molar-refractivity contribution in [1.29, 1.82) is 0 Å². The van der Waals surface area contributed by atoms with Crippen molar-refractivity contribution < 1.29 is 18.7 Å². The first-order valence-electron chi connectivity index (χ1n) is 5.09. The predicted molar refractivity (Wildman–Crippen MR) is 61.9 cm³/mol. The van der Waals surface area contributed by atoms with Gasteiger partial charge in [-0.2, -0.15) is 0 Å². The second-order valence-electron chi connectivity index (χ2n) is 3.89. The Hall–Kier alpha value is -1.29. The van der Waals surface area contributed by atoms with E-state index in [1.807, 2.05) is 19.1 Å². The Bertz CT molecular complexity index is 622. The molecule has 0 bridgehead atoms. The summed E-state index contributed by atoms with van der Waals surface area (Å²) >= 11 is 0. The molecule has 0 aliphatic rings. The third-order valence-corrected chi connectivity index (χ3v) is 3.97. The van der Waals surface area contributed by atoms with Crippen molar-refractivity contribution in [1.82, 2.24) is 5.10 Å². The minimum Gasteiger partial charge on any atom is -0.775 e. The van der Waals surface area contributed by atoms with Crippen LogP contribution in [0.25, 0.3) is 10.9 Å². The molecule has 2 aromatic rings. The summed E-state index contributed by atoms with van der Waals surface area (Å²) in [6.07, 6.45) is 1.45. The molecule has 0 aliphatic heterocycles. The third kappa shape index (κ3) is 2.22. The zero-order chi connectivity index (χ0) is 12.6. The van der Waals surface area contributed by atoms with Gasteiger partial charge in [0.25, 0.3) is 0 Å². The molecule has 5 nitrogen and oxygen atoms in total. The van der Waals surface area contributed by atoms with Crippen LogP contribution in [0.1, 0.15) is 5.56 Å². The van der Waals surface area contributed by atoms with Crippen molar-refractivity contribution >= 4 is 23.8 Å². The lowest BCUT2D eigenvalue weighted by molar-refractivity contribution is -0.727. The molecule has 6 heteroatoms. The molecule has 0 fully saturated rings. The molecule has 1 atom stereocenters. The number of fused-ring (bicyclic) bond motifs is 1. The van der Waals surface area contributed by atoms with Crippen LogP contribution in [0.2, 0.25) is 0 Å². The number of rotatable bonds is 2. The summed E-state index contributed by atoms with van der Waals surface area (Å²) in [4.78, 5) is 11.8. The zero-order valence-corrected chi connectivity index (χ0v) is 10.8. The molecule has 1 heterocycles. The maximum Gasteiger partial charge on any atom is 0.208 e. The van der Waals surface area contributed by atoms with Crippen molar-refractivity contribution in [3.63, 3.8) is 0 Å². The maximum absolute atomic E-state index is 11.8. The summed E-state index contributed by atoms with van der Waals surface area (Å²) in [5.74, 6) is 0. The van der Waals surface area contributed by atoms with Gasteiger partial charge in [-0.15, -0.1) is 0 Å². The summed E-state index contributed by atoms with van der Waals surface area (Å²) in [7, 11) is -1.18. The molecule has 1 aromatic carbocycles. The first kappa shape index (κ1) is 12.2. The topological polar surface area (TPSA) is 66.1 Å². The van der Waals surface area contributed by atoms with E-state index in [9.17, 15) is 9.46 Å². The SMILES string of the molecule is COP(=O)([O-])c1c[n+](C)nc2cc(C)ccc12. The number of hydrogen-bond acceptors (Lipinski definition) is 4. The van der Waals surface area contributed by atoms with E-state index in [1.165, 1.54) is 10.9 Å². The monoisotopic (exact) mass is 252 g/mol. The van der Waals surface area contributed by atoms with Crippen LogP contribution in [0, 0.1) is 6.92 Å². The summed E-state index contributed by atoms with van der Waals surface area (Å²) in [5.41, 5.74) is 1.67. The highest BCUT2D eigenvalue weighted by Crippen LogP contribution is 2.36. The van der Waals surface area contributed by atoms with Gasteiger partial charge in [-0.3, -0.25) is 0 Å². The lowest BCUT2D eigenvalue weighted by Gasteiger charge is -2.20. The Morgan fingerprint density at radius 1 is 1.47 bits per heavy atom. The molecule has 1 aromatic heterocycles. The number of aryl methyl sites for hydroxylation is 2.